The summed E-state index contributed by atoms with van der Waals surface area (Å²) in [6, 6.07) is 12.4. The number of rotatable bonds is 4. The van der Waals surface area contributed by atoms with Gasteiger partial charge < -0.3 is 9.64 Å². The third kappa shape index (κ3) is 3.31. The number of amides is 1. The molecule has 25 heavy (non-hydrogen) atoms. The maximum atomic E-state index is 12.5. The smallest absolute Gasteiger partial charge is 0.316 e. The second-order valence-electron chi connectivity index (χ2n) is 6.22. The van der Waals surface area contributed by atoms with Crippen molar-refractivity contribution in [2.24, 2.45) is 5.92 Å². The van der Waals surface area contributed by atoms with Gasteiger partial charge in [-0.2, -0.15) is 0 Å². The number of carbonyl (C=O) groups is 3. The Morgan fingerprint density at radius 2 is 1.80 bits per heavy atom. The van der Waals surface area contributed by atoms with Gasteiger partial charge in [-0.25, -0.2) is 0 Å². The third-order valence-electron chi connectivity index (χ3n) is 4.42. The van der Waals surface area contributed by atoms with Crippen molar-refractivity contribution in [2.45, 2.75) is 20.3 Å². The zero-order chi connectivity index (χ0) is 18.0. The molecule has 0 bridgehead atoms. The van der Waals surface area contributed by atoms with Gasteiger partial charge in [0.2, 0.25) is 5.91 Å². The number of hydrogen-bond donors (Lipinski definition) is 0. The Balaban J connectivity index is 1.78. The minimum Gasteiger partial charge on any atom is -0.425 e. The number of ether oxygens (including phenoxy) is 1. The lowest BCUT2D eigenvalue weighted by atomic mass is 10.1. The van der Waals surface area contributed by atoms with Crippen LogP contribution in [-0.2, 0) is 9.59 Å². The molecule has 3 rings (SSSR count). The van der Waals surface area contributed by atoms with Crippen LogP contribution < -0.4 is 9.64 Å². The number of anilines is 1. The number of aldehydes is 1. The fraction of sp³-hybridized carbons (Fsp3) is 0.250. The molecule has 128 valence electrons. The summed E-state index contributed by atoms with van der Waals surface area (Å²) in [5.74, 6) is -0.911. The highest BCUT2D eigenvalue weighted by Gasteiger charge is 2.37. The molecule has 5 heteroatoms. The monoisotopic (exact) mass is 337 g/mol. The third-order valence-corrected chi connectivity index (χ3v) is 4.42. The quantitative estimate of drug-likeness (QED) is 0.489. The summed E-state index contributed by atoms with van der Waals surface area (Å²) in [5.41, 5.74) is 3.16. The summed E-state index contributed by atoms with van der Waals surface area (Å²) >= 11 is 0. The maximum Gasteiger partial charge on any atom is 0.316 e. The van der Waals surface area contributed by atoms with Crippen LogP contribution in [0.2, 0.25) is 0 Å². The molecule has 0 spiro atoms. The number of hydrogen-bond acceptors (Lipinski definition) is 4. The molecule has 1 fully saturated rings. The van der Waals surface area contributed by atoms with Crippen molar-refractivity contribution in [3.8, 4) is 5.75 Å². The first-order valence-electron chi connectivity index (χ1n) is 8.13. The fourth-order valence-corrected chi connectivity index (χ4v) is 3.18. The number of nitrogens with zero attached hydrogens (tertiary/aromatic N) is 1. The van der Waals surface area contributed by atoms with Crippen LogP contribution in [-0.4, -0.2) is 24.7 Å². The van der Waals surface area contributed by atoms with E-state index in [1.54, 1.807) is 29.2 Å². The van der Waals surface area contributed by atoms with Gasteiger partial charge in [0.25, 0.3) is 0 Å². The van der Waals surface area contributed by atoms with Gasteiger partial charge in [0.05, 0.1) is 11.5 Å². The lowest BCUT2D eigenvalue weighted by molar-refractivity contribution is -0.139. The van der Waals surface area contributed by atoms with Crippen LogP contribution in [0.1, 0.15) is 27.9 Å². The van der Waals surface area contributed by atoms with E-state index in [2.05, 4.69) is 0 Å². The molecule has 2 aromatic rings. The van der Waals surface area contributed by atoms with Gasteiger partial charge in [-0.15, -0.1) is 0 Å². The average Bonchev–Trinajstić information content (AvgIpc) is 2.97. The van der Waals surface area contributed by atoms with Crippen LogP contribution in [0.15, 0.2) is 42.5 Å². The Bertz CT molecular complexity index is 823. The summed E-state index contributed by atoms with van der Waals surface area (Å²) in [4.78, 5) is 37.6. The van der Waals surface area contributed by atoms with E-state index >= 15 is 0 Å². The van der Waals surface area contributed by atoms with E-state index in [1.807, 2.05) is 32.0 Å². The summed E-state index contributed by atoms with van der Waals surface area (Å²) in [6.07, 6.45) is 0.751. The van der Waals surface area contributed by atoms with Crippen molar-refractivity contribution >= 4 is 23.9 Å². The van der Waals surface area contributed by atoms with E-state index in [1.165, 1.54) is 0 Å². The van der Waals surface area contributed by atoms with Crippen molar-refractivity contribution in [3.05, 3.63) is 59.2 Å². The number of benzene rings is 2. The van der Waals surface area contributed by atoms with Crippen LogP contribution in [0.25, 0.3) is 0 Å². The van der Waals surface area contributed by atoms with E-state index in [0.717, 1.165) is 16.8 Å². The molecule has 0 aromatic heterocycles. The Kier molecular flexibility index (Phi) is 4.65. The molecular weight excluding hydrogens is 318 g/mol. The molecule has 1 atom stereocenters. The maximum absolute atomic E-state index is 12.5. The predicted molar refractivity (Wildman–Crippen MR) is 93.8 cm³/mol. The van der Waals surface area contributed by atoms with Gasteiger partial charge in [-0.1, -0.05) is 30.3 Å². The minimum absolute atomic E-state index is 0.0944. The molecule has 1 aliphatic heterocycles. The first kappa shape index (κ1) is 16.9. The van der Waals surface area contributed by atoms with E-state index < -0.39 is 11.9 Å². The van der Waals surface area contributed by atoms with E-state index in [-0.39, 0.29) is 24.6 Å². The molecule has 0 radical (unpaired) electrons. The second-order valence-corrected chi connectivity index (χ2v) is 6.22. The molecule has 1 aliphatic rings. The zero-order valence-corrected chi connectivity index (χ0v) is 14.2. The number of aryl methyl sites for hydroxylation is 2. The molecule has 1 saturated heterocycles. The minimum atomic E-state index is -0.550. The van der Waals surface area contributed by atoms with Crippen LogP contribution >= 0.6 is 0 Å². The van der Waals surface area contributed by atoms with Crippen molar-refractivity contribution in [2.75, 3.05) is 11.4 Å². The predicted octanol–water partition coefficient (Wildman–Crippen LogP) is 3.07. The fourth-order valence-electron chi connectivity index (χ4n) is 3.18. The van der Waals surface area contributed by atoms with Gasteiger partial charge in [0.1, 0.15) is 5.75 Å². The Hall–Kier alpha value is -2.95. The normalized spacial score (nSPS) is 16.8. The highest BCUT2D eigenvalue weighted by atomic mass is 16.5. The summed E-state index contributed by atoms with van der Waals surface area (Å²) < 4.78 is 5.36. The molecular formula is C20H19NO4. The lowest BCUT2D eigenvalue weighted by Crippen LogP contribution is -2.28. The van der Waals surface area contributed by atoms with Crippen LogP contribution in [0.5, 0.6) is 5.75 Å². The molecule has 0 unspecified atom stereocenters. The molecule has 1 amide bonds. The molecule has 0 saturated carbocycles. The number of carbonyl (C=O) groups excluding carboxylic acids is 3. The summed E-state index contributed by atoms with van der Waals surface area (Å²) in [7, 11) is 0. The average molecular weight is 337 g/mol. The van der Waals surface area contributed by atoms with Crippen LogP contribution in [0.3, 0.4) is 0 Å². The molecule has 5 nitrogen and oxygen atoms in total. The van der Waals surface area contributed by atoms with Gasteiger partial charge in [-0.05, 0) is 37.1 Å². The Morgan fingerprint density at radius 1 is 1.12 bits per heavy atom. The largest absolute Gasteiger partial charge is 0.425 e. The molecule has 0 N–H and O–H groups in total. The highest BCUT2D eigenvalue weighted by molar-refractivity contribution is 6.01. The van der Waals surface area contributed by atoms with Gasteiger partial charge in [0.15, 0.2) is 6.29 Å². The van der Waals surface area contributed by atoms with E-state index in [9.17, 15) is 14.4 Å². The first-order chi connectivity index (χ1) is 12.0. The van der Waals surface area contributed by atoms with Gasteiger partial charge in [-0.3, -0.25) is 14.4 Å². The van der Waals surface area contributed by atoms with Gasteiger partial charge in [0, 0.05) is 18.7 Å². The topological polar surface area (TPSA) is 63.7 Å². The van der Waals surface area contributed by atoms with Crippen molar-refractivity contribution < 1.29 is 19.1 Å². The van der Waals surface area contributed by atoms with Gasteiger partial charge >= 0.3 is 5.97 Å². The Morgan fingerprint density at radius 3 is 2.48 bits per heavy atom. The second kappa shape index (κ2) is 6.89. The SMILES string of the molecule is Cc1cccc(C)c1N1C[C@H](C(=O)Oc2ccccc2C=O)CC1=O. The van der Waals surface area contributed by atoms with E-state index in [4.69, 9.17) is 4.74 Å². The standard InChI is InChI=1S/C20H19NO4/c1-13-6-5-7-14(2)19(13)21-11-16(10-18(21)23)20(24)25-17-9-4-3-8-15(17)12-22/h3-9,12,16H,10-11H2,1-2H3/t16-/m1/s1. The molecule has 2 aromatic carbocycles. The number of esters is 1. The summed E-state index contributed by atoms with van der Waals surface area (Å²) in [5, 5.41) is 0. The van der Waals surface area contributed by atoms with Crippen LogP contribution in [0.4, 0.5) is 5.69 Å². The Labute approximate surface area is 146 Å². The van der Waals surface area contributed by atoms with Crippen molar-refractivity contribution in [1.82, 2.24) is 0 Å². The molecule has 1 heterocycles. The molecule has 0 aliphatic carbocycles. The van der Waals surface area contributed by atoms with Crippen molar-refractivity contribution in [3.63, 3.8) is 0 Å². The number of para-hydroxylation sites is 2. The van der Waals surface area contributed by atoms with E-state index in [0.29, 0.717) is 11.8 Å². The zero-order valence-electron chi connectivity index (χ0n) is 14.2. The van der Waals surface area contributed by atoms with Crippen molar-refractivity contribution in [1.29, 1.82) is 0 Å². The summed E-state index contributed by atoms with van der Waals surface area (Å²) in [6.45, 7) is 4.18. The first-order valence-corrected chi connectivity index (χ1v) is 8.13. The highest BCUT2D eigenvalue weighted by Crippen LogP contribution is 2.31. The lowest BCUT2D eigenvalue weighted by Gasteiger charge is -2.21. The van der Waals surface area contributed by atoms with Crippen LogP contribution in [0, 0.1) is 19.8 Å².